The highest BCUT2D eigenvalue weighted by atomic mass is 16.5. The first kappa shape index (κ1) is 28.3. The van der Waals surface area contributed by atoms with E-state index < -0.39 is 0 Å². The number of rotatable bonds is 12. The Morgan fingerprint density at radius 3 is 1.64 bits per heavy atom. The average Bonchev–Trinajstić information content (AvgIpc) is 3.44. The highest BCUT2D eigenvalue weighted by molar-refractivity contribution is 6.32. The third-order valence-corrected chi connectivity index (χ3v) is 9.16. The van der Waals surface area contributed by atoms with Gasteiger partial charge < -0.3 is 4.74 Å². The second-order valence-electron chi connectivity index (χ2n) is 12.2. The van der Waals surface area contributed by atoms with Gasteiger partial charge in [-0.2, -0.15) is 0 Å². The van der Waals surface area contributed by atoms with Crippen LogP contribution in [0.3, 0.4) is 0 Å². The number of hydrogen-bond donors (Lipinski definition) is 0. The Balaban J connectivity index is 1.21. The fourth-order valence-electron chi connectivity index (χ4n) is 6.62. The Morgan fingerprint density at radius 2 is 1.07 bits per heavy atom. The topological polar surface area (TPSA) is 49.9 Å². The van der Waals surface area contributed by atoms with Crippen LogP contribution in [-0.2, 0) is 9.59 Å². The Morgan fingerprint density at radius 1 is 0.595 bits per heavy atom. The Bertz CT molecular complexity index is 1570. The maximum absolute atomic E-state index is 13.9. The highest BCUT2D eigenvalue weighted by Gasteiger charge is 2.50. The van der Waals surface area contributed by atoms with Gasteiger partial charge in [0.25, 0.3) is 11.8 Å². The molecule has 5 heteroatoms. The number of hydrogen-bond acceptors (Lipinski definition) is 3. The molecule has 0 aromatic heterocycles. The van der Waals surface area contributed by atoms with Gasteiger partial charge in [0, 0.05) is 23.5 Å². The van der Waals surface area contributed by atoms with Crippen molar-refractivity contribution in [3.8, 4) is 5.75 Å². The molecule has 0 spiro atoms. The van der Waals surface area contributed by atoms with Crippen molar-refractivity contribution >= 4 is 35.4 Å². The van der Waals surface area contributed by atoms with Crippen LogP contribution in [0.1, 0.15) is 110 Å². The molecule has 4 aliphatic rings. The molecule has 42 heavy (non-hydrogen) atoms. The van der Waals surface area contributed by atoms with Crippen molar-refractivity contribution in [2.45, 2.75) is 91.9 Å². The second-order valence-corrected chi connectivity index (χ2v) is 12.2. The third kappa shape index (κ3) is 4.93. The van der Waals surface area contributed by atoms with E-state index in [0.29, 0.717) is 29.1 Å². The maximum Gasteiger partial charge on any atom is 0.265 e. The van der Waals surface area contributed by atoms with Crippen LogP contribution in [-0.4, -0.2) is 28.2 Å². The number of nitrogens with zero attached hydrogens (tertiary/aromatic N) is 2. The van der Waals surface area contributed by atoms with Gasteiger partial charge >= 0.3 is 0 Å². The zero-order chi connectivity index (χ0) is 29.4. The summed E-state index contributed by atoms with van der Waals surface area (Å²) in [7, 11) is 0. The van der Waals surface area contributed by atoms with Crippen LogP contribution >= 0.6 is 0 Å². The molecule has 2 amide bonds. The summed E-state index contributed by atoms with van der Waals surface area (Å²) in [6.45, 7) is 9.15. The summed E-state index contributed by atoms with van der Waals surface area (Å²) >= 11 is 0. The fourth-order valence-corrected chi connectivity index (χ4v) is 6.62. The van der Waals surface area contributed by atoms with Gasteiger partial charge in [0.2, 0.25) is 0 Å². The quantitative estimate of drug-likeness (QED) is 0.243. The molecule has 2 aromatic carbocycles. The molecule has 2 aromatic rings. The van der Waals surface area contributed by atoms with Crippen molar-refractivity contribution in [1.82, 2.24) is 9.80 Å². The molecule has 0 bridgehead atoms. The predicted molar refractivity (Wildman–Crippen MR) is 170 cm³/mol. The standard InChI is InChI=1S/C37H42N2O3/c1-5-6-7-8-9-10-11-12-13-14-19-42-31-23-30-28(21-26(31)4)16-18-39-35(30)33-32(36(39)40)34-29-22-25(3)24(2)20-27(29)15-17-38(34)37(33)41/h15-18,20-23H,5-14,19H2,1-4H3. The first-order valence-corrected chi connectivity index (χ1v) is 15.8. The van der Waals surface area contributed by atoms with E-state index in [4.69, 9.17) is 4.74 Å². The Labute approximate surface area is 250 Å². The van der Waals surface area contributed by atoms with E-state index in [1.54, 1.807) is 22.2 Å². The van der Waals surface area contributed by atoms with Crippen molar-refractivity contribution in [2.24, 2.45) is 0 Å². The van der Waals surface area contributed by atoms with Crippen LogP contribution in [0, 0.1) is 20.8 Å². The van der Waals surface area contributed by atoms with Gasteiger partial charge in [-0.25, -0.2) is 0 Å². The molecule has 218 valence electrons. The fraction of sp³-hybridized carbons (Fsp3) is 0.405. The summed E-state index contributed by atoms with van der Waals surface area (Å²) in [6.07, 6.45) is 20.4. The molecule has 0 fully saturated rings. The van der Waals surface area contributed by atoms with Gasteiger partial charge in [-0.05, 0) is 85.4 Å². The second kappa shape index (κ2) is 11.8. The van der Waals surface area contributed by atoms with Crippen LogP contribution in [0.2, 0.25) is 0 Å². The van der Waals surface area contributed by atoms with Crippen molar-refractivity contribution in [3.05, 3.63) is 86.8 Å². The molecule has 4 heterocycles. The number of fused-ring (bicyclic) bond motifs is 7. The number of carbonyl (C=O) groups is 2. The average molecular weight is 563 g/mol. The van der Waals surface area contributed by atoms with Crippen LogP contribution < -0.4 is 4.74 Å². The monoisotopic (exact) mass is 562 g/mol. The number of benzene rings is 2. The smallest absolute Gasteiger partial charge is 0.265 e. The third-order valence-electron chi connectivity index (χ3n) is 9.16. The SMILES string of the molecule is CCCCCCCCCCCCOc1cc2c(cc1C)C=CN1C(=O)C3=C4c5cc(C)c(C)cc5C=CN4C(=O)C3=C21. The summed E-state index contributed by atoms with van der Waals surface area (Å²) in [5.74, 6) is 0.516. The summed E-state index contributed by atoms with van der Waals surface area (Å²) < 4.78 is 6.29. The minimum atomic E-state index is -0.152. The van der Waals surface area contributed by atoms with Gasteiger partial charge in [0.15, 0.2) is 0 Å². The zero-order valence-electron chi connectivity index (χ0n) is 25.5. The number of amides is 2. The van der Waals surface area contributed by atoms with E-state index in [0.717, 1.165) is 45.6 Å². The normalized spacial score (nSPS) is 16.3. The van der Waals surface area contributed by atoms with Crippen LogP contribution in [0.25, 0.3) is 23.5 Å². The van der Waals surface area contributed by atoms with E-state index in [1.807, 2.05) is 18.2 Å². The van der Waals surface area contributed by atoms with Crippen molar-refractivity contribution in [3.63, 3.8) is 0 Å². The summed E-state index contributed by atoms with van der Waals surface area (Å²) in [5, 5.41) is 0. The van der Waals surface area contributed by atoms with Crippen molar-refractivity contribution in [1.29, 1.82) is 0 Å². The molecule has 0 N–H and O–H groups in total. The molecule has 0 atom stereocenters. The van der Waals surface area contributed by atoms with E-state index in [2.05, 4.69) is 45.9 Å². The van der Waals surface area contributed by atoms with Crippen molar-refractivity contribution in [2.75, 3.05) is 6.61 Å². The first-order chi connectivity index (χ1) is 20.4. The Hall–Kier alpha value is -3.86. The van der Waals surface area contributed by atoms with Gasteiger partial charge in [-0.15, -0.1) is 0 Å². The van der Waals surface area contributed by atoms with Gasteiger partial charge in [0.1, 0.15) is 5.75 Å². The van der Waals surface area contributed by atoms with E-state index in [-0.39, 0.29) is 11.8 Å². The molecule has 0 aliphatic carbocycles. The molecule has 0 unspecified atom stereocenters. The van der Waals surface area contributed by atoms with Gasteiger partial charge in [-0.1, -0.05) is 70.8 Å². The molecular formula is C37H42N2O3. The molecule has 0 saturated carbocycles. The number of carbonyl (C=O) groups excluding carboxylic acids is 2. The van der Waals surface area contributed by atoms with E-state index in [1.165, 1.54) is 63.4 Å². The molecule has 4 aliphatic heterocycles. The van der Waals surface area contributed by atoms with E-state index in [9.17, 15) is 9.59 Å². The van der Waals surface area contributed by atoms with E-state index >= 15 is 0 Å². The minimum Gasteiger partial charge on any atom is -0.493 e. The number of aryl methyl sites for hydroxylation is 3. The lowest BCUT2D eigenvalue weighted by atomic mass is 9.93. The lowest BCUT2D eigenvalue weighted by molar-refractivity contribution is -0.122. The highest BCUT2D eigenvalue weighted by Crippen LogP contribution is 2.51. The predicted octanol–water partition coefficient (Wildman–Crippen LogP) is 8.69. The summed E-state index contributed by atoms with van der Waals surface area (Å²) in [5.41, 5.74) is 9.56. The lowest BCUT2D eigenvalue weighted by Crippen LogP contribution is -2.26. The molecule has 6 rings (SSSR count). The molecule has 0 saturated heterocycles. The first-order valence-electron chi connectivity index (χ1n) is 15.8. The number of ether oxygens (including phenoxy) is 1. The maximum atomic E-state index is 13.9. The molecule has 0 radical (unpaired) electrons. The summed E-state index contributed by atoms with van der Waals surface area (Å²) in [4.78, 5) is 31.0. The zero-order valence-corrected chi connectivity index (χ0v) is 25.5. The van der Waals surface area contributed by atoms with Crippen LogP contribution in [0.4, 0.5) is 0 Å². The van der Waals surface area contributed by atoms with Gasteiger partial charge in [-0.3, -0.25) is 19.4 Å². The molecular weight excluding hydrogens is 520 g/mol. The van der Waals surface area contributed by atoms with Crippen LogP contribution in [0.5, 0.6) is 5.75 Å². The van der Waals surface area contributed by atoms with Crippen LogP contribution in [0.15, 0.2) is 47.8 Å². The van der Waals surface area contributed by atoms with Crippen molar-refractivity contribution < 1.29 is 14.3 Å². The largest absolute Gasteiger partial charge is 0.493 e. The Kier molecular flexibility index (Phi) is 7.94. The van der Waals surface area contributed by atoms with Gasteiger partial charge in [0.05, 0.1) is 29.1 Å². The lowest BCUT2D eigenvalue weighted by Gasteiger charge is -2.27. The molecule has 5 nitrogen and oxygen atoms in total. The summed E-state index contributed by atoms with van der Waals surface area (Å²) in [6, 6.07) is 8.36. The minimum absolute atomic E-state index is 0.152. The number of unbranched alkanes of at least 4 members (excludes halogenated alkanes) is 9.